The van der Waals surface area contributed by atoms with Crippen LogP contribution >= 0.6 is 0 Å². The fourth-order valence-corrected chi connectivity index (χ4v) is 6.65. The van der Waals surface area contributed by atoms with Gasteiger partial charge in [0, 0.05) is 38.8 Å². The Kier molecular flexibility index (Phi) is 6.24. The molecule has 6 rings (SSSR count). The molecule has 0 spiro atoms. The number of rotatable bonds is 8. The number of carbonyl (C=O) groups excluding carboxylic acids is 1. The van der Waals surface area contributed by atoms with E-state index in [0.29, 0.717) is 41.8 Å². The van der Waals surface area contributed by atoms with Crippen LogP contribution in [0.15, 0.2) is 6.20 Å². The molecule has 0 unspecified atom stereocenters. The van der Waals surface area contributed by atoms with Gasteiger partial charge >= 0.3 is 0 Å². The van der Waals surface area contributed by atoms with Crippen LogP contribution < -0.4 is 15.4 Å². The van der Waals surface area contributed by atoms with Crippen LogP contribution in [0.5, 0.6) is 5.88 Å². The lowest BCUT2D eigenvalue weighted by molar-refractivity contribution is -0.0120. The van der Waals surface area contributed by atoms with E-state index in [4.69, 9.17) is 4.74 Å². The van der Waals surface area contributed by atoms with Gasteiger partial charge in [-0.2, -0.15) is 5.10 Å². The molecule has 1 aromatic rings. The molecule has 7 heteroatoms. The molecule has 1 aromatic heterocycles. The number of piperazine rings is 1. The second-order valence-electron chi connectivity index (χ2n) is 10.8. The predicted molar refractivity (Wildman–Crippen MR) is 120 cm³/mol. The Morgan fingerprint density at radius 1 is 1.13 bits per heavy atom. The van der Waals surface area contributed by atoms with Crippen LogP contribution in [0, 0.1) is 29.6 Å². The Hall–Kier alpha value is -1.60. The Morgan fingerprint density at radius 2 is 1.81 bits per heavy atom. The summed E-state index contributed by atoms with van der Waals surface area (Å²) in [5.74, 6) is 4.21. The number of amides is 1. The van der Waals surface area contributed by atoms with E-state index in [1.54, 1.807) is 6.20 Å². The van der Waals surface area contributed by atoms with E-state index < -0.39 is 0 Å². The first-order chi connectivity index (χ1) is 15.1. The van der Waals surface area contributed by atoms with Gasteiger partial charge in [0.1, 0.15) is 5.56 Å². The van der Waals surface area contributed by atoms with Gasteiger partial charge in [0.25, 0.3) is 5.91 Å². The van der Waals surface area contributed by atoms with Crippen molar-refractivity contribution in [3.8, 4) is 5.88 Å². The highest BCUT2D eigenvalue weighted by Crippen LogP contribution is 2.53. The molecule has 172 valence electrons. The van der Waals surface area contributed by atoms with E-state index in [1.165, 1.54) is 32.1 Å². The molecule has 2 heterocycles. The third kappa shape index (κ3) is 4.63. The molecule has 1 amide bonds. The number of hydrogen-bond acceptors (Lipinski definition) is 5. The number of hydrogen-bond donors (Lipinski definition) is 2. The Bertz CT molecular complexity index is 742. The largest absolute Gasteiger partial charge is 0.477 e. The number of ether oxygens (including phenoxy) is 1. The summed E-state index contributed by atoms with van der Waals surface area (Å²) < 4.78 is 8.05. The quantitative estimate of drug-likeness (QED) is 0.664. The van der Waals surface area contributed by atoms with Crippen molar-refractivity contribution < 1.29 is 9.53 Å². The van der Waals surface area contributed by atoms with Crippen molar-refractivity contribution in [1.29, 1.82) is 0 Å². The fourth-order valence-electron chi connectivity index (χ4n) is 6.65. The van der Waals surface area contributed by atoms with Crippen LogP contribution in [-0.2, 0) is 6.54 Å². The zero-order valence-corrected chi connectivity index (χ0v) is 19.2. The van der Waals surface area contributed by atoms with Gasteiger partial charge < -0.3 is 15.4 Å². The SMILES string of the molecule is CC(C)COc1c(C(=O)NC2C3CC4CC(C3)CC2C4)cnn1CCN1CCNCC1. The van der Waals surface area contributed by atoms with Gasteiger partial charge in [0.05, 0.1) is 19.3 Å². The van der Waals surface area contributed by atoms with Crippen molar-refractivity contribution in [2.75, 3.05) is 39.3 Å². The molecule has 5 aliphatic rings. The van der Waals surface area contributed by atoms with Crippen molar-refractivity contribution in [1.82, 2.24) is 25.3 Å². The highest BCUT2D eigenvalue weighted by Gasteiger charge is 2.48. The summed E-state index contributed by atoms with van der Waals surface area (Å²) in [4.78, 5) is 15.8. The summed E-state index contributed by atoms with van der Waals surface area (Å²) >= 11 is 0. The highest BCUT2D eigenvalue weighted by molar-refractivity contribution is 5.96. The molecule has 31 heavy (non-hydrogen) atoms. The molecule has 5 fully saturated rings. The summed E-state index contributed by atoms with van der Waals surface area (Å²) in [6.45, 7) is 10.7. The molecule has 0 radical (unpaired) electrons. The van der Waals surface area contributed by atoms with Crippen molar-refractivity contribution in [3.63, 3.8) is 0 Å². The minimum Gasteiger partial charge on any atom is -0.477 e. The van der Waals surface area contributed by atoms with Gasteiger partial charge in [-0.15, -0.1) is 0 Å². The van der Waals surface area contributed by atoms with Crippen LogP contribution in [0.2, 0.25) is 0 Å². The lowest BCUT2D eigenvalue weighted by Gasteiger charge is -2.54. The minimum atomic E-state index is 0.00431. The summed E-state index contributed by atoms with van der Waals surface area (Å²) in [6, 6.07) is 0.336. The number of carbonyl (C=O) groups is 1. The maximum Gasteiger partial charge on any atom is 0.258 e. The lowest BCUT2D eigenvalue weighted by Crippen LogP contribution is -2.55. The van der Waals surface area contributed by atoms with Crippen LogP contribution in [0.3, 0.4) is 0 Å². The van der Waals surface area contributed by atoms with Crippen LogP contribution in [0.25, 0.3) is 0 Å². The second-order valence-corrected chi connectivity index (χ2v) is 10.8. The summed E-state index contributed by atoms with van der Waals surface area (Å²) in [6.07, 6.45) is 8.37. The van der Waals surface area contributed by atoms with Gasteiger partial charge in [-0.05, 0) is 61.7 Å². The van der Waals surface area contributed by atoms with Crippen molar-refractivity contribution in [3.05, 3.63) is 11.8 Å². The monoisotopic (exact) mass is 429 g/mol. The molecule has 1 aliphatic heterocycles. The standard InChI is InChI=1S/C24H39N5O2/c1-16(2)15-31-24-21(14-26-29(24)8-7-28-5-3-25-4-6-28)23(30)27-22-19-10-17-9-18(12-19)13-20(22)11-17/h14,16-20,22,25H,3-13,15H2,1-2H3,(H,27,30). The van der Waals surface area contributed by atoms with Gasteiger partial charge in [-0.1, -0.05) is 13.8 Å². The van der Waals surface area contributed by atoms with Crippen LogP contribution in [-0.4, -0.2) is 66.0 Å². The van der Waals surface area contributed by atoms with Gasteiger partial charge in [0.15, 0.2) is 0 Å². The summed E-state index contributed by atoms with van der Waals surface area (Å²) in [5.41, 5.74) is 0.606. The van der Waals surface area contributed by atoms with Crippen LogP contribution in [0.4, 0.5) is 0 Å². The molecule has 4 aliphatic carbocycles. The molecular weight excluding hydrogens is 390 g/mol. The predicted octanol–water partition coefficient (Wildman–Crippen LogP) is 2.38. The second kappa shape index (κ2) is 9.10. The summed E-state index contributed by atoms with van der Waals surface area (Å²) in [5, 5.41) is 11.4. The maximum absolute atomic E-state index is 13.4. The Morgan fingerprint density at radius 3 is 2.45 bits per heavy atom. The van der Waals surface area contributed by atoms with Gasteiger partial charge in [-0.25, -0.2) is 4.68 Å². The first-order valence-electron chi connectivity index (χ1n) is 12.5. The number of nitrogens with zero attached hydrogens (tertiary/aromatic N) is 3. The zero-order chi connectivity index (χ0) is 21.4. The topological polar surface area (TPSA) is 71.4 Å². The molecule has 1 saturated heterocycles. The molecule has 7 nitrogen and oxygen atoms in total. The Labute approximate surface area is 186 Å². The van der Waals surface area contributed by atoms with Gasteiger partial charge in [-0.3, -0.25) is 9.69 Å². The van der Waals surface area contributed by atoms with E-state index in [1.807, 2.05) is 4.68 Å². The summed E-state index contributed by atoms with van der Waals surface area (Å²) in [7, 11) is 0. The molecule has 2 N–H and O–H groups in total. The lowest BCUT2D eigenvalue weighted by atomic mass is 9.54. The molecule has 4 saturated carbocycles. The first kappa shape index (κ1) is 21.3. The molecule has 4 bridgehead atoms. The normalized spacial score (nSPS) is 32.5. The molecule has 0 atom stereocenters. The molecule has 0 aromatic carbocycles. The minimum absolute atomic E-state index is 0.00431. The van der Waals surface area contributed by atoms with E-state index in [9.17, 15) is 4.79 Å². The average molecular weight is 430 g/mol. The third-order valence-corrected chi connectivity index (χ3v) is 7.95. The van der Waals surface area contributed by atoms with E-state index in [-0.39, 0.29) is 5.91 Å². The number of aromatic nitrogens is 2. The van der Waals surface area contributed by atoms with Crippen molar-refractivity contribution >= 4 is 5.91 Å². The van der Waals surface area contributed by atoms with Crippen molar-refractivity contribution in [2.24, 2.45) is 29.6 Å². The van der Waals surface area contributed by atoms with Crippen LogP contribution in [0.1, 0.15) is 56.3 Å². The smallest absolute Gasteiger partial charge is 0.258 e. The Balaban J connectivity index is 1.27. The fraction of sp³-hybridized carbons (Fsp3) is 0.833. The van der Waals surface area contributed by atoms with E-state index >= 15 is 0 Å². The zero-order valence-electron chi connectivity index (χ0n) is 19.2. The maximum atomic E-state index is 13.4. The van der Waals surface area contributed by atoms with Crippen molar-refractivity contribution in [2.45, 2.75) is 58.5 Å². The van der Waals surface area contributed by atoms with E-state index in [2.05, 4.69) is 34.5 Å². The number of nitrogens with one attached hydrogen (secondary N) is 2. The first-order valence-corrected chi connectivity index (χ1v) is 12.5. The highest BCUT2D eigenvalue weighted by atomic mass is 16.5. The average Bonchev–Trinajstić information content (AvgIpc) is 3.16. The van der Waals surface area contributed by atoms with Gasteiger partial charge in [0.2, 0.25) is 5.88 Å². The third-order valence-electron chi connectivity index (χ3n) is 7.95. The molecular formula is C24H39N5O2. The van der Waals surface area contributed by atoms with E-state index in [0.717, 1.165) is 51.1 Å².